The van der Waals surface area contributed by atoms with E-state index in [2.05, 4.69) is 31.4 Å². The normalized spacial score (nSPS) is 13.0. The predicted octanol–water partition coefficient (Wildman–Crippen LogP) is 3.39. The van der Waals surface area contributed by atoms with E-state index in [1.54, 1.807) is 0 Å². The van der Waals surface area contributed by atoms with Crippen molar-refractivity contribution >= 4 is 12.0 Å². The molecule has 5 heteroatoms. The number of hydrogen-bond donors (Lipinski definition) is 3. The highest BCUT2D eigenvalue weighted by Gasteiger charge is 2.23. The number of nitrogens with one attached hydrogen (secondary N) is 2. The molecule has 0 aliphatic carbocycles. The van der Waals surface area contributed by atoms with Crippen molar-refractivity contribution in [3.05, 3.63) is 0 Å². The van der Waals surface area contributed by atoms with Crippen molar-refractivity contribution in [2.75, 3.05) is 6.54 Å². The van der Waals surface area contributed by atoms with Gasteiger partial charge in [-0.2, -0.15) is 0 Å². The number of aliphatic carboxylic acids is 1. The van der Waals surface area contributed by atoms with E-state index < -0.39 is 18.0 Å². The van der Waals surface area contributed by atoms with Crippen molar-refractivity contribution in [2.24, 2.45) is 11.3 Å². The Bertz CT molecular complexity index is 327. The van der Waals surface area contributed by atoms with Gasteiger partial charge in [-0.3, -0.25) is 0 Å². The molecule has 0 aliphatic heterocycles. The summed E-state index contributed by atoms with van der Waals surface area (Å²) in [6.07, 6.45) is 5.01. The third kappa shape index (κ3) is 10.2. The molecule has 0 radical (unpaired) electrons. The predicted molar refractivity (Wildman–Crippen MR) is 85.3 cm³/mol. The van der Waals surface area contributed by atoms with Gasteiger partial charge in [-0.05, 0) is 24.2 Å². The first-order valence-electron chi connectivity index (χ1n) is 7.95. The lowest BCUT2D eigenvalue weighted by Crippen LogP contribution is -2.48. The highest BCUT2D eigenvalue weighted by molar-refractivity contribution is 5.82. The van der Waals surface area contributed by atoms with Crippen LogP contribution >= 0.6 is 0 Å². The Morgan fingerprint density at radius 3 is 2.29 bits per heavy atom. The zero-order chi connectivity index (χ0) is 16.5. The van der Waals surface area contributed by atoms with Gasteiger partial charge in [-0.1, -0.05) is 53.9 Å². The standard InChI is InChI=1S/C16H32N2O3/c1-6-7-8-9-16(4,5)11-17-15(21)18-13(14(19)20)10-12(2)3/h12-13H,6-11H2,1-5H3,(H,19,20)(H2,17,18,21). The van der Waals surface area contributed by atoms with Crippen LogP contribution in [0.4, 0.5) is 4.79 Å². The number of rotatable bonds is 10. The number of amides is 2. The maximum absolute atomic E-state index is 11.8. The monoisotopic (exact) mass is 300 g/mol. The SMILES string of the molecule is CCCCCC(C)(C)CNC(=O)NC(CC(C)C)C(=O)O. The minimum Gasteiger partial charge on any atom is -0.480 e. The van der Waals surface area contributed by atoms with Crippen LogP contribution in [-0.2, 0) is 4.79 Å². The van der Waals surface area contributed by atoms with E-state index in [-0.39, 0.29) is 11.3 Å². The van der Waals surface area contributed by atoms with Crippen LogP contribution in [0.25, 0.3) is 0 Å². The summed E-state index contributed by atoms with van der Waals surface area (Å²) in [5.74, 6) is -0.766. The fraction of sp³-hybridized carbons (Fsp3) is 0.875. The van der Waals surface area contributed by atoms with Crippen LogP contribution in [0.2, 0.25) is 0 Å². The van der Waals surface area contributed by atoms with Gasteiger partial charge in [0.05, 0.1) is 0 Å². The fourth-order valence-electron chi connectivity index (χ4n) is 2.16. The van der Waals surface area contributed by atoms with Crippen molar-refractivity contribution < 1.29 is 14.7 Å². The molecule has 0 aromatic heterocycles. The van der Waals surface area contributed by atoms with Crippen LogP contribution in [0.15, 0.2) is 0 Å². The number of carboxylic acid groups (broad SMARTS) is 1. The van der Waals surface area contributed by atoms with Gasteiger partial charge in [0, 0.05) is 6.54 Å². The molecule has 5 nitrogen and oxygen atoms in total. The Labute approximate surface area is 128 Å². The molecule has 3 N–H and O–H groups in total. The number of urea groups is 1. The van der Waals surface area contributed by atoms with Crippen molar-refractivity contribution in [1.29, 1.82) is 0 Å². The Hall–Kier alpha value is -1.26. The van der Waals surface area contributed by atoms with Crippen LogP contribution < -0.4 is 10.6 Å². The first-order valence-corrected chi connectivity index (χ1v) is 7.95. The molecule has 1 unspecified atom stereocenters. The molecule has 0 saturated heterocycles. The smallest absolute Gasteiger partial charge is 0.326 e. The van der Waals surface area contributed by atoms with Gasteiger partial charge >= 0.3 is 12.0 Å². The molecule has 1 atom stereocenters. The molecular weight excluding hydrogens is 268 g/mol. The van der Waals surface area contributed by atoms with Crippen LogP contribution in [-0.4, -0.2) is 29.7 Å². The third-order valence-electron chi connectivity index (χ3n) is 3.50. The molecule has 0 bridgehead atoms. The van der Waals surface area contributed by atoms with Gasteiger partial charge in [0.15, 0.2) is 0 Å². The Kier molecular flexibility index (Phi) is 9.06. The van der Waals surface area contributed by atoms with E-state index in [4.69, 9.17) is 5.11 Å². The Morgan fingerprint density at radius 1 is 1.19 bits per heavy atom. The summed E-state index contributed by atoms with van der Waals surface area (Å²) in [4.78, 5) is 22.9. The maximum Gasteiger partial charge on any atom is 0.326 e. The van der Waals surface area contributed by atoms with Crippen molar-refractivity contribution in [3.63, 3.8) is 0 Å². The minimum atomic E-state index is -0.985. The fourth-order valence-corrected chi connectivity index (χ4v) is 2.16. The second kappa shape index (κ2) is 9.64. The maximum atomic E-state index is 11.8. The molecule has 0 fully saturated rings. The zero-order valence-corrected chi connectivity index (χ0v) is 14.2. The molecule has 0 saturated carbocycles. The summed E-state index contributed by atoms with van der Waals surface area (Å²) in [5, 5.41) is 14.4. The second-order valence-corrected chi connectivity index (χ2v) is 6.97. The molecule has 21 heavy (non-hydrogen) atoms. The van der Waals surface area contributed by atoms with Crippen LogP contribution in [0.3, 0.4) is 0 Å². The summed E-state index contributed by atoms with van der Waals surface area (Å²) < 4.78 is 0. The molecule has 2 amide bonds. The zero-order valence-electron chi connectivity index (χ0n) is 14.2. The summed E-state index contributed by atoms with van der Waals surface area (Å²) in [6.45, 7) is 10.8. The number of carbonyl (C=O) groups excluding carboxylic acids is 1. The summed E-state index contributed by atoms with van der Waals surface area (Å²) in [5.41, 5.74) is 0.0310. The summed E-state index contributed by atoms with van der Waals surface area (Å²) in [7, 11) is 0. The highest BCUT2D eigenvalue weighted by Crippen LogP contribution is 2.22. The van der Waals surface area contributed by atoms with Gasteiger partial charge in [0.2, 0.25) is 0 Å². The van der Waals surface area contributed by atoms with Gasteiger partial charge in [0.25, 0.3) is 0 Å². The van der Waals surface area contributed by atoms with E-state index in [9.17, 15) is 9.59 Å². The summed E-state index contributed by atoms with van der Waals surface area (Å²) >= 11 is 0. The van der Waals surface area contributed by atoms with Crippen molar-refractivity contribution in [1.82, 2.24) is 10.6 Å². The first kappa shape index (κ1) is 19.7. The number of unbranched alkanes of at least 4 members (excludes halogenated alkanes) is 2. The molecule has 0 rings (SSSR count). The molecular formula is C16H32N2O3. The quantitative estimate of drug-likeness (QED) is 0.541. The van der Waals surface area contributed by atoms with E-state index >= 15 is 0 Å². The van der Waals surface area contributed by atoms with Crippen LogP contribution in [0, 0.1) is 11.3 Å². The van der Waals surface area contributed by atoms with E-state index in [0.717, 1.165) is 12.8 Å². The van der Waals surface area contributed by atoms with E-state index in [1.165, 1.54) is 12.8 Å². The number of carboxylic acids is 1. The van der Waals surface area contributed by atoms with E-state index in [0.29, 0.717) is 13.0 Å². The van der Waals surface area contributed by atoms with Crippen LogP contribution in [0.5, 0.6) is 0 Å². The third-order valence-corrected chi connectivity index (χ3v) is 3.50. The minimum absolute atomic E-state index is 0.0310. The lowest BCUT2D eigenvalue weighted by atomic mass is 9.87. The van der Waals surface area contributed by atoms with Gasteiger partial charge in [-0.25, -0.2) is 9.59 Å². The second-order valence-electron chi connectivity index (χ2n) is 6.97. The molecule has 0 aliphatic rings. The first-order chi connectivity index (χ1) is 9.68. The highest BCUT2D eigenvalue weighted by atomic mass is 16.4. The van der Waals surface area contributed by atoms with E-state index in [1.807, 2.05) is 13.8 Å². The molecule has 0 spiro atoms. The number of hydrogen-bond acceptors (Lipinski definition) is 2. The van der Waals surface area contributed by atoms with Gasteiger partial charge < -0.3 is 15.7 Å². The average Bonchev–Trinajstić information content (AvgIpc) is 2.35. The molecule has 0 aromatic rings. The lowest BCUT2D eigenvalue weighted by molar-refractivity contribution is -0.139. The van der Waals surface area contributed by atoms with Crippen molar-refractivity contribution in [2.45, 2.75) is 72.8 Å². The lowest BCUT2D eigenvalue weighted by Gasteiger charge is -2.25. The van der Waals surface area contributed by atoms with Crippen LogP contribution in [0.1, 0.15) is 66.7 Å². The topological polar surface area (TPSA) is 78.4 Å². The number of carbonyl (C=O) groups is 2. The average molecular weight is 300 g/mol. The summed E-state index contributed by atoms with van der Waals surface area (Å²) in [6, 6.07) is -1.22. The Balaban J connectivity index is 4.20. The van der Waals surface area contributed by atoms with Gasteiger partial charge in [-0.15, -0.1) is 0 Å². The molecule has 0 heterocycles. The van der Waals surface area contributed by atoms with Gasteiger partial charge in [0.1, 0.15) is 6.04 Å². The van der Waals surface area contributed by atoms with Crippen molar-refractivity contribution in [3.8, 4) is 0 Å². The Morgan fingerprint density at radius 2 is 1.81 bits per heavy atom. The molecule has 0 aromatic carbocycles. The largest absolute Gasteiger partial charge is 0.480 e. The molecule has 124 valence electrons.